The molecule has 5 heteroatoms. The second kappa shape index (κ2) is 10.6. The van der Waals surface area contributed by atoms with Crippen molar-refractivity contribution in [1.29, 1.82) is 0 Å². The van der Waals surface area contributed by atoms with E-state index in [1.54, 1.807) is 14.2 Å². The standard InChI is InChI=1S/C16H28N2O3/c1-14-4-5-16(18(7-9-19)8-11-21-3)15(12-14)13-17-6-10-20-2/h4-5,12,17,19H,6-11,13H2,1-3H3. The zero-order chi connectivity index (χ0) is 15.5. The summed E-state index contributed by atoms with van der Waals surface area (Å²) in [6.45, 7) is 6.55. The lowest BCUT2D eigenvalue weighted by Gasteiger charge is -2.26. The van der Waals surface area contributed by atoms with Crippen LogP contribution in [0.4, 0.5) is 5.69 Å². The number of nitrogens with one attached hydrogen (secondary N) is 1. The summed E-state index contributed by atoms with van der Waals surface area (Å²) >= 11 is 0. The topological polar surface area (TPSA) is 54.0 Å². The first kappa shape index (κ1) is 17.9. The van der Waals surface area contributed by atoms with Gasteiger partial charge in [-0.2, -0.15) is 0 Å². The minimum atomic E-state index is 0.133. The lowest BCUT2D eigenvalue weighted by Crippen LogP contribution is -2.31. The smallest absolute Gasteiger partial charge is 0.0637 e. The van der Waals surface area contributed by atoms with Crippen LogP contribution in [0.15, 0.2) is 18.2 Å². The van der Waals surface area contributed by atoms with Crippen molar-refractivity contribution in [2.24, 2.45) is 0 Å². The van der Waals surface area contributed by atoms with Crippen molar-refractivity contribution in [2.75, 3.05) is 58.6 Å². The predicted molar refractivity (Wildman–Crippen MR) is 85.9 cm³/mol. The molecule has 2 N–H and O–H groups in total. The van der Waals surface area contributed by atoms with Gasteiger partial charge in [0.15, 0.2) is 0 Å². The summed E-state index contributed by atoms with van der Waals surface area (Å²) in [6.07, 6.45) is 0. The van der Waals surface area contributed by atoms with Crippen LogP contribution in [-0.2, 0) is 16.0 Å². The van der Waals surface area contributed by atoms with Gasteiger partial charge < -0.3 is 24.8 Å². The molecule has 1 aromatic rings. The summed E-state index contributed by atoms with van der Waals surface area (Å²) in [5.74, 6) is 0. The van der Waals surface area contributed by atoms with Gasteiger partial charge in [-0.15, -0.1) is 0 Å². The third-order valence-corrected chi connectivity index (χ3v) is 3.31. The number of ether oxygens (including phenoxy) is 2. The summed E-state index contributed by atoms with van der Waals surface area (Å²) < 4.78 is 10.2. The molecule has 0 aliphatic heterocycles. The van der Waals surface area contributed by atoms with Crippen molar-refractivity contribution >= 4 is 5.69 Å². The van der Waals surface area contributed by atoms with Gasteiger partial charge in [0.25, 0.3) is 0 Å². The van der Waals surface area contributed by atoms with Gasteiger partial charge in [0.1, 0.15) is 0 Å². The second-order valence-electron chi connectivity index (χ2n) is 5.01. The maximum absolute atomic E-state index is 9.27. The average Bonchev–Trinajstić information content (AvgIpc) is 2.48. The van der Waals surface area contributed by atoms with E-state index in [0.717, 1.165) is 25.3 Å². The summed E-state index contributed by atoms with van der Waals surface area (Å²) in [4.78, 5) is 2.16. The predicted octanol–water partition coefficient (Wildman–Crippen LogP) is 1.18. The molecule has 0 amide bonds. The Morgan fingerprint density at radius 3 is 2.57 bits per heavy atom. The number of aliphatic hydroxyl groups excluding tert-OH is 1. The molecule has 5 nitrogen and oxygen atoms in total. The van der Waals surface area contributed by atoms with Gasteiger partial charge in [-0.25, -0.2) is 0 Å². The maximum atomic E-state index is 9.27. The Kier molecular flexibility index (Phi) is 9.01. The molecule has 0 aromatic heterocycles. The molecule has 120 valence electrons. The van der Waals surface area contributed by atoms with Crippen LogP contribution in [-0.4, -0.2) is 58.8 Å². The summed E-state index contributed by atoms with van der Waals surface area (Å²) in [6, 6.07) is 6.41. The Morgan fingerprint density at radius 2 is 1.90 bits per heavy atom. The molecule has 0 saturated heterocycles. The molecule has 0 aliphatic rings. The molecule has 0 spiro atoms. The minimum Gasteiger partial charge on any atom is -0.395 e. The minimum absolute atomic E-state index is 0.133. The highest BCUT2D eigenvalue weighted by molar-refractivity contribution is 5.55. The van der Waals surface area contributed by atoms with Crippen molar-refractivity contribution in [3.8, 4) is 0 Å². The number of aliphatic hydroxyl groups is 1. The fourth-order valence-electron chi connectivity index (χ4n) is 2.24. The Morgan fingerprint density at radius 1 is 1.14 bits per heavy atom. The molecule has 0 radical (unpaired) electrons. The van der Waals surface area contributed by atoms with Crippen LogP contribution < -0.4 is 10.2 Å². The zero-order valence-electron chi connectivity index (χ0n) is 13.4. The van der Waals surface area contributed by atoms with Gasteiger partial charge in [-0.1, -0.05) is 17.7 Å². The van der Waals surface area contributed by atoms with Gasteiger partial charge in [-0.05, 0) is 18.6 Å². The maximum Gasteiger partial charge on any atom is 0.0637 e. The number of nitrogens with zero attached hydrogens (tertiary/aromatic N) is 1. The lowest BCUT2D eigenvalue weighted by molar-refractivity contribution is 0.199. The molecule has 21 heavy (non-hydrogen) atoms. The Labute approximate surface area is 127 Å². The van der Waals surface area contributed by atoms with E-state index < -0.39 is 0 Å². The van der Waals surface area contributed by atoms with Crippen LogP contribution in [0.5, 0.6) is 0 Å². The molecule has 1 aromatic carbocycles. The van der Waals surface area contributed by atoms with Crippen molar-refractivity contribution in [2.45, 2.75) is 13.5 Å². The van der Waals surface area contributed by atoms with E-state index in [-0.39, 0.29) is 6.61 Å². The third-order valence-electron chi connectivity index (χ3n) is 3.31. The number of benzene rings is 1. The van der Waals surface area contributed by atoms with Gasteiger partial charge in [0, 0.05) is 46.1 Å². The van der Waals surface area contributed by atoms with Crippen LogP contribution in [0.2, 0.25) is 0 Å². The van der Waals surface area contributed by atoms with E-state index in [0.29, 0.717) is 19.8 Å². The van der Waals surface area contributed by atoms with Crippen LogP contribution in [0.1, 0.15) is 11.1 Å². The Balaban J connectivity index is 2.80. The first-order chi connectivity index (χ1) is 10.2. The molecular weight excluding hydrogens is 268 g/mol. The van der Waals surface area contributed by atoms with Crippen LogP contribution >= 0.6 is 0 Å². The van der Waals surface area contributed by atoms with E-state index in [4.69, 9.17) is 9.47 Å². The van der Waals surface area contributed by atoms with Crippen molar-refractivity contribution in [3.05, 3.63) is 29.3 Å². The Bertz CT molecular complexity index is 399. The van der Waals surface area contributed by atoms with Crippen molar-refractivity contribution < 1.29 is 14.6 Å². The first-order valence-corrected chi connectivity index (χ1v) is 7.36. The molecule has 0 fully saturated rings. The average molecular weight is 296 g/mol. The molecular formula is C16H28N2O3. The third kappa shape index (κ3) is 6.44. The highest BCUT2D eigenvalue weighted by Crippen LogP contribution is 2.22. The lowest BCUT2D eigenvalue weighted by atomic mass is 10.1. The van der Waals surface area contributed by atoms with E-state index in [9.17, 15) is 5.11 Å². The number of hydrogen-bond donors (Lipinski definition) is 2. The van der Waals surface area contributed by atoms with Crippen molar-refractivity contribution in [3.63, 3.8) is 0 Å². The number of methoxy groups -OCH3 is 2. The Hall–Kier alpha value is -1.14. The van der Waals surface area contributed by atoms with Gasteiger partial charge in [-0.3, -0.25) is 0 Å². The van der Waals surface area contributed by atoms with E-state index in [1.807, 2.05) is 0 Å². The second-order valence-corrected chi connectivity index (χ2v) is 5.01. The highest BCUT2D eigenvalue weighted by Gasteiger charge is 2.11. The largest absolute Gasteiger partial charge is 0.395 e. The molecule has 0 saturated carbocycles. The number of hydrogen-bond acceptors (Lipinski definition) is 5. The van der Waals surface area contributed by atoms with Crippen LogP contribution in [0.25, 0.3) is 0 Å². The normalized spacial score (nSPS) is 10.9. The van der Waals surface area contributed by atoms with Gasteiger partial charge >= 0.3 is 0 Å². The zero-order valence-corrected chi connectivity index (χ0v) is 13.4. The van der Waals surface area contributed by atoms with Gasteiger partial charge in [0.05, 0.1) is 19.8 Å². The fraction of sp³-hybridized carbons (Fsp3) is 0.625. The van der Waals surface area contributed by atoms with E-state index in [1.165, 1.54) is 11.1 Å². The van der Waals surface area contributed by atoms with E-state index >= 15 is 0 Å². The number of aryl methyl sites for hydroxylation is 1. The van der Waals surface area contributed by atoms with Crippen LogP contribution in [0, 0.1) is 6.92 Å². The SMILES string of the molecule is COCCNCc1cc(C)ccc1N(CCO)CCOC. The van der Waals surface area contributed by atoms with Crippen LogP contribution in [0.3, 0.4) is 0 Å². The molecule has 0 aliphatic carbocycles. The van der Waals surface area contributed by atoms with E-state index in [2.05, 4.69) is 35.3 Å². The van der Waals surface area contributed by atoms with Gasteiger partial charge in [0.2, 0.25) is 0 Å². The summed E-state index contributed by atoms with van der Waals surface area (Å²) in [5.41, 5.74) is 3.62. The summed E-state index contributed by atoms with van der Waals surface area (Å²) in [7, 11) is 3.40. The van der Waals surface area contributed by atoms with Crippen molar-refractivity contribution in [1.82, 2.24) is 5.32 Å². The molecule has 0 unspecified atom stereocenters. The molecule has 0 heterocycles. The highest BCUT2D eigenvalue weighted by atomic mass is 16.5. The fourth-order valence-corrected chi connectivity index (χ4v) is 2.24. The molecule has 0 atom stereocenters. The number of rotatable bonds is 11. The summed E-state index contributed by atoms with van der Waals surface area (Å²) in [5, 5.41) is 12.7. The molecule has 0 bridgehead atoms. The number of anilines is 1. The first-order valence-electron chi connectivity index (χ1n) is 7.36. The molecule has 1 rings (SSSR count). The quantitative estimate of drug-likeness (QED) is 0.601. The monoisotopic (exact) mass is 296 g/mol.